The lowest BCUT2D eigenvalue weighted by molar-refractivity contribution is 0.513. The highest BCUT2D eigenvalue weighted by atomic mass is 32.1. The number of rotatable bonds is 6. The maximum absolute atomic E-state index is 4.42. The maximum atomic E-state index is 4.42. The van der Waals surface area contributed by atoms with Crippen LogP contribution in [-0.2, 0) is 6.54 Å². The molecule has 2 rings (SSSR count). The van der Waals surface area contributed by atoms with Gasteiger partial charge in [0.15, 0.2) is 0 Å². The molecule has 18 heavy (non-hydrogen) atoms. The van der Waals surface area contributed by atoms with Crippen molar-refractivity contribution in [3.8, 4) is 0 Å². The van der Waals surface area contributed by atoms with Crippen LogP contribution in [0.5, 0.6) is 0 Å². The Balaban J connectivity index is 2.35. The van der Waals surface area contributed by atoms with Crippen molar-refractivity contribution in [3.63, 3.8) is 0 Å². The molecule has 5 nitrogen and oxygen atoms in total. The van der Waals surface area contributed by atoms with Gasteiger partial charge in [-0.05, 0) is 19.9 Å². The average Bonchev–Trinajstić information content (AvgIpc) is 2.96. The third-order valence-electron chi connectivity index (χ3n) is 2.79. The minimum atomic E-state index is 0.0940. The van der Waals surface area contributed by atoms with E-state index in [1.807, 2.05) is 17.1 Å². The van der Waals surface area contributed by atoms with Crippen LogP contribution in [0.2, 0.25) is 0 Å². The van der Waals surface area contributed by atoms with Gasteiger partial charge in [-0.1, -0.05) is 13.8 Å². The Morgan fingerprint density at radius 3 is 2.83 bits per heavy atom. The summed E-state index contributed by atoms with van der Waals surface area (Å²) in [4.78, 5) is 9.97. The smallest absolute Gasteiger partial charge is 0.149 e. The molecule has 0 aliphatic rings. The Labute approximate surface area is 111 Å². The van der Waals surface area contributed by atoms with Crippen molar-refractivity contribution < 1.29 is 0 Å². The van der Waals surface area contributed by atoms with Crippen LogP contribution in [0.1, 0.15) is 42.7 Å². The van der Waals surface area contributed by atoms with E-state index in [-0.39, 0.29) is 6.04 Å². The van der Waals surface area contributed by atoms with E-state index in [0.717, 1.165) is 31.0 Å². The predicted molar refractivity (Wildman–Crippen MR) is 72.7 cm³/mol. The Bertz CT molecular complexity index is 490. The highest BCUT2D eigenvalue weighted by Gasteiger charge is 2.22. The van der Waals surface area contributed by atoms with Crippen LogP contribution < -0.4 is 5.32 Å². The molecular formula is C12H19N5S. The number of thiazole rings is 1. The molecule has 0 saturated carbocycles. The summed E-state index contributed by atoms with van der Waals surface area (Å²) in [5.74, 6) is 0.978. The van der Waals surface area contributed by atoms with E-state index in [1.165, 1.54) is 4.88 Å². The normalized spacial score (nSPS) is 12.8. The van der Waals surface area contributed by atoms with Gasteiger partial charge in [-0.15, -0.1) is 11.3 Å². The first-order valence-corrected chi connectivity index (χ1v) is 7.16. The number of hydrogen-bond donors (Lipinski definition) is 1. The van der Waals surface area contributed by atoms with Crippen LogP contribution in [0, 0.1) is 6.92 Å². The Morgan fingerprint density at radius 2 is 2.22 bits per heavy atom. The van der Waals surface area contributed by atoms with Crippen molar-refractivity contribution in [2.75, 3.05) is 6.54 Å². The fourth-order valence-corrected chi connectivity index (χ4v) is 2.85. The SMILES string of the molecule is CCCn1ncnc1C(NCC)c1scnc1C. The van der Waals surface area contributed by atoms with Crippen LogP contribution in [0.3, 0.4) is 0 Å². The summed E-state index contributed by atoms with van der Waals surface area (Å²) in [6, 6.07) is 0.0940. The molecule has 0 bridgehead atoms. The van der Waals surface area contributed by atoms with Crippen molar-refractivity contribution in [1.82, 2.24) is 25.1 Å². The average molecular weight is 265 g/mol. The summed E-state index contributed by atoms with van der Waals surface area (Å²) in [6.07, 6.45) is 2.68. The molecule has 0 radical (unpaired) electrons. The van der Waals surface area contributed by atoms with Gasteiger partial charge in [0.2, 0.25) is 0 Å². The van der Waals surface area contributed by atoms with Crippen LogP contribution >= 0.6 is 11.3 Å². The Hall–Kier alpha value is -1.27. The summed E-state index contributed by atoms with van der Waals surface area (Å²) in [5, 5.41) is 7.77. The van der Waals surface area contributed by atoms with Gasteiger partial charge in [-0.2, -0.15) is 5.10 Å². The van der Waals surface area contributed by atoms with Crippen molar-refractivity contribution in [2.45, 2.75) is 39.8 Å². The monoisotopic (exact) mass is 265 g/mol. The van der Waals surface area contributed by atoms with E-state index >= 15 is 0 Å². The van der Waals surface area contributed by atoms with E-state index in [1.54, 1.807) is 17.7 Å². The first-order valence-electron chi connectivity index (χ1n) is 6.29. The molecule has 0 aliphatic heterocycles. The summed E-state index contributed by atoms with van der Waals surface area (Å²) in [6.45, 7) is 8.07. The third kappa shape index (κ3) is 2.59. The van der Waals surface area contributed by atoms with E-state index < -0.39 is 0 Å². The van der Waals surface area contributed by atoms with Gasteiger partial charge < -0.3 is 5.32 Å². The maximum Gasteiger partial charge on any atom is 0.149 e. The molecule has 0 saturated heterocycles. The quantitative estimate of drug-likeness (QED) is 0.869. The standard InChI is InChI=1S/C12H19N5S/c1-4-6-17-12(14-7-16-17)10(13-5-2)11-9(3)15-8-18-11/h7-8,10,13H,4-6H2,1-3H3. The lowest BCUT2D eigenvalue weighted by atomic mass is 10.2. The van der Waals surface area contributed by atoms with Crippen LogP contribution in [0.15, 0.2) is 11.8 Å². The Kier molecular flexibility index (Phi) is 4.43. The molecule has 98 valence electrons. The van der Waals surface area contributed by atoms with Crippen LogP contribution in [0.4, 0.5) is 0 Å². The predicted octanol–water partition coefficient (Wildman–Crippen LogP) is 2.15. The summed E-state index contributed by atoms with van der Waals surface area (Å²) in [5.41, 5.74) is 2.95. The van der Waals surface area contributed by atoms with Gasteiger partial charge in [0.05, 0.1) is 16.1 Å². The second-order valence-electron chi connectivity index (χ2n) is 4.13. The number of nitrogens with one attached hydrogen (secondary N) is 1. The van der Waals surface area contributed by atoms with Gasteiger partial charge in [0, 0.05) is 6.54 Å². The minimum absolute atomic E-state index is 0.0940. The number of aryl methyl sites for hydroxylation is 2. The first kappa shape index (κ1) is 13.2. The van der Waals surface area contributed by atoms with Gasteiger partial charge in [0.1, 0.15) is 18.2 Å². The van der Waals surface area contributed by atoms with Gasteiger partial charge in [0.25, 0.3) is 0 Å². The summed E-state index contributed by atoms with van der Waals surface area (Å²) < 4.78 is 1.98. The minimum Gasteiger partial charge on any atom is -0.303 e. The molecule has 0 aromatic carbocycles. The summed E-state index contributed by atoms with van der Waals surface area (Å²) in [7, 11) is 0. The number of nitrogens with zero attached hydrogens (tertiary/aromatic N) is 4. The van der Waals surface area contributed by atoms with Crippen molar-refractivity contribution >= 4 is 11.3 Å². The van der Waals surface area contributed by atoms with E-state index in [2.05, 4.69) is 34.2 Å². The molecule has 6 heteroatoms. The van der Waals surface area contributed by atoms with Crippen molar-refractivity contribution in [1.29, 1.82) is 0 Å². The molecule has 0 amide bonds. The molecule has 0 fully saturated rings. The molecular weight excluding hydrogens is 246 g/mol. The highest BCUT2D eigenvalue weighted by molar-refractivity contribution is 7.09. The molecule has 2 aromatic heterocycles. The summed E-state index contributed by atoms with van der Waals surface area (Å²) >= 11 is 1.67. The molecule has 2 heterocycles. The van der Waals surface area contributed by atoms with Gasteiger partial charge in [-0.25, -0.2) is 14.6 Å². The molecule has 1 atom stereocenters. The van der Waals surface area contributed by atoms with E-state index in [4.69, 9.17) is 0 Å². The largest absolute Gasteiger partial charge is 0.303 e. The molecule has 2 aromatic rings. The van der Waals surface area contributed by atoms with Crippen molar-refractivity contribution in [2.24, 2.45) is 0 Å². The highest BCUT2D eigenvalue weighted by Crippen LogP contribution is 2.26. The van der Waals surface area contributed by atoms with E-state index in [0.29, 0.717) is 0 Å². The van der Waals surface area contributed by atoms with Crippen LogP contribution in [-0.4, -0.2) is 26.3 Å². The topological polar surface area (TPSA) is 55.6 Å². The zero-order valence-electron chi connectivity index (χ0n) is 11.1. The molecule has 1 unspecified atom stereocenters. The lowest BCUT2D eigenvalue weighted by Crippen LogP contribution is -2.25. The second kappa shape index (κ2) is 6.06. The van der Waals surface area contributed by atoms with E-state index in [9.17, 15) is 0 Å². The number of hydrogen-bond acceptors (Lipinski definition) is 5. The molecule has 1 N–H and O–H groups in total. The second-order valence-corrected chi connectivity index (χ2v) is 5.02. The van der Waals surface area contributed by atoms with Gasteiger partial charge >= 0.3 is 0 Å². The zero-order chi connectivity index (χ0) is 13.0. The Morgan fingerprint density at radius 1 is 1.39 bits per heavy atom. The van der Waals surface area contributed by atoms with Gasteiger partial charge in [-0.3, -0.25) is 0 Å². The molecule has 0 aliphatic carbocycles. The fourth-order valence-electron chi connectivity index (χ4n) is 1.97. The first-order chi connectivity index (χ1) is 8.77. The molecule has 0 spiro atoms. The zero-order valence-corrected chi connectivity index (χ0v) is 11.9. The van der Waals surface area contributed by atoms with Crippen LogP contribution in [0.25, 0.3) is 0 Å². The van der Waals surface area contributed by atoms with Crippen molar-refractivity contribution in [3.05, 3.63) is 28.2 Å². The lowest BCUT2D eigenvalue weighted by Gasteiger charge is -2.17. The fraction of sp³-hybridized carbons (Fsp3) is 0.583. The third-order valence-corrected chi connectivity index (χ3v) is 3.79. The number of aromatic nitrogens is 4.